The standard InChI is InChI=1S/C23H33N3O3/c1-15(2)12-20(23(28)29)13-24-22(27)11-10-21-17(4)25-26(18(21)5)14-19-8-6-16(3)7-9-19/h6-9,15,20H,10-14H2,1-5H3,(H,24,27)(H,28,29). The number of hydrogen-bond acceptors (Lipinski definition) is 3. The van der Waals surface area contributed by atoms with Gasteiger partial charge in [-0.05, 0) is 50.7 Å². The number of nitrogens with one attached hydrogen (secondary N) is 1. The lowest BCUT2D eigenvalue weighted by molar-refractivity contribution is -0.142. The molecule has 0 spiro atoms. The highest BCUT2D eigenvalue weighted by Gasteiger charge is 2.20. The number of aryl methyl sites for hydroxylation is 2. The highest BCUT2D eigenvalue weighted by Crippen LogP contribution is 2.17. The Hall–Kier alpha value is -2.63. The number of carboxylic acid groups (broad SMARTS) is 1. The molecule has 2 rings (SSSR count). The Labute approximate surface area is 173 Å². The molecule has 0 fully saturated rings. The molecule has 0 radical (unpaired) electrons. The molecule has 0 saturated heterocycles. The van der Waals surface area contributed by atoms with Crippen molar-refractivity contribution in [1.82, 2.24) is 15.1 Å². The van der Waals surface area contributed by atoms with Gasteiger partial charge in [-0.25, -0.2) is 0 Å². The van der Waals surface area contributed by atoms with Crippen molar-refractivity contribution in [3.63, 3.8) is 0 Å². The molecule has 0 aliphatic rings. The van der Waals surface area contributed by atoms with Gasteiger partial charge in [0.15, 0.2) is 0 Å². The second-order valence-electron chi connectivity index (χ2n) is 8.26. The van der Waals surface area contributed by atoms with Gasteiger partial charge in [-0.15, -0.1) is 0 Å². The predicted octanol–water partition coefficient (Wildman–Crippen LogP) is 3.65. The molecule has 0 bridgehead atoms. The molecule has 1 aromatic heterocycles. The number of carbonyl (C=O) groups excluding carboxylic acids is 1. The highest BCUT2D eigenvalue weighted by atomic mass is 16.4. The van der Waals surface area contributed by atoms with Crippen LogP contribution in [-0.4, -0.2) is 33.3 Å². The third-order valence-electron chi connectivity index (χ3n) is 5.24. The maximum absolute atomic E-state index is 12.3. The molecule has 1 aromatic carbocycles. The molecule has 1 amide bonds. The van der Waals surface area contributed by atoms with E-state index < -0.39 is 11.9 Å². The van der Waals surface area contributed by atoms with Gasteiger partial charge >= 0.3 is 5.97 Å². The van der Waals surface area contributed by atoms with E-state index in [2.05, 4.69) is 41.6 Å². The minimum Gasteiger partial charge on any atom is -0.481 e. The van der Waals surface area contributed by atoms with Crippen LogP contribution in [0.4, 0.5) is 0 Å². The second-order valence-corrected chi connectivity index (χ2v) is 8.26. The van der Waals surface area contributed by atoms with Crippen molar-refractivity contribution >= 4 is 11.9 Å². The second kappa shape index (κ2) is 10.2. The van der Waals surface area contributed by atoms with Gasteiger partial charge in [0.25, 0.3) is 0 Å². The molecule has 0 aliphatic carbocycles. The van der Waals surface area contributed by atoms with Crippen LogP contribution >= 0.6 is 0 Å². The summed E-state index contributed by atoms with van der Waals surface area (Å²) in [7, 11) is 0. The van der Waals surface area contributed by atoms with Gasteiger partial charge in [-0.1, -0.05) is 43.7 Å². The molecule has 1 unspecified atom stereocenters. The number of hydrogen-bond donors (Lipinski definition) is 2. The van der Waals surface area contributed by atoms with E-state index in [0.717, 1.165) is 17.0 Å². The van der Waals surface area contributed by atoms with Gasteiger partial charge in [0.1, 0.15) is 0 Å². The molecule has 2 aromatic rings. The summed E-state index contributed by atoms with van der Waals surface area (Å²) in [5.74, 6) is -1.24. The van der Waals surface area contributed by atoms with E-state index in [-0.39, 0.29) is 18.4 Å². The lowest BCUT2D eigenvalue weighted by Gasteiger charge is -2.15. The van der Waals surface area contributed by atoms with E-state index in [0.29, 0.717) is 25.8 Å². The summed E-state index contributed by atoms with van der Waals surface area (Å²) in [6, 6.07) is 8.40. The lowest BCUT2D eigenvalue weighted by atomic mass is 9.97. The smallest absolute Gasteiger partial charge is 0.308 e. The average Bonchev–Trinajstić information content (AvgIpc) is 2.91. The SMILES string of the molecule is Cc1ccc(Cn2nc(C)c(CCC(=O)NCC(CC(C)C)C(=O)O)c2C)cc1. The van der Waals surface area contributed by atoms with Crippen LogP contribution in [0.3, 0.4) is 0 Å². The van der Waals surface area contributed by atoms with Crippen LogP contribution in [0.5, 0.6) is 0 Å². The number of carboxylic acids is 1. The highest BCUT2D eigenvalue weighted by molar-refractivity contribution is 5.77. The van der Waals surface area contributed by atoms with Gasteiger partial charge in [-0.3, -0.25) is 14.3 Å². The Morgan fingerprint density at radius 3 is 2.38 bits per heavy atom. The Bertz CT molecular complexity index is 838. The minimum atomic E-state index is -0.858. The van der Waals surface area contributed by atoms with Crippen LogP contribution in [0.1, 0.15) is 54.8 Å². The lowest BCUT2D eigenvalue weighted by Crippen LogP contribution is -2.33. The first-order valence-corrected chi connectivity index (χ1v) is 10.2. The number of rotatable bonds is 10. The van der Waals surface area contributed by atoms with E-state index in [1.807, 2.05) is 32.4 Å². The topological polar surface area (TPSA) is 84.2 Å². The number of nitrogens with zero attached hydrogens (tertiary/aromatic N) is 2. The van der Waals surface area contributed by atoms with Gasteiger partial charge in [0.05, 0.1) is 18.2 Å². The first-order valence-electron chi connectivity index (χ1n) is 10.2. The van der Waals surface area contributed by atoms with Crippen LogP contribution in [-0.2, 0) is 22.6 Å². The number of carbonyl (C=O) groups is 2. The summed E-state index contributed by atoms with van der Waals surface area (Å²) < 4.78 is 1.98. The van der Waals surface area contributed by atoms with Crippen molar-refractivity contribution in [3.8, 4) is 0 Å². The van der Waals surface area contributed by atoms with Crippen molar-refractivity contribution in [2.24, 2.45) is 11.8 Å². The van der Waals surface area contributed by atoms with Crippen molar-refractivity contribution in [1.29, 1.82) is 0 Å². The van der Waals surface area contributed by atoms with Crippen LogP contribution < -0.4 is 5.32 Å². The summed E-state index contributed by atoms with van der Waals surface area (Å²) >= 11 is 0. The van der Waals surface area contributed by atoms with Crippen molar-refractivity contribution in [2.75, 3.05) is 6.54 Å². The number of benzene rings is 1. The molecule has 0 aliphatic heterocycles. The Morgan fingerprint density at radius 1 is 1.14 bits per heavy atom. The first-order chi connectivity index (χ1) is 13.7. The van der Waals surface area contributed by atoms with Crippen molar-refractivity contribution < 1.29 is 14.7 Å². The number of amides is 1. The van der Waals surface area contributed by atoms with Gasteiger partial charge in [-0.2, -0.15) is 5.10 Å². The average molecular weight is 400 g/mol. The van der Waals surface area contributed by atoms with Crippen LogP contribution in [0.15, 0.2) is 24.3 Å². The largest absolute Gasteiger partial charge is 0.481 e. The molecule has 0 saturated carbocycles. The zero-order valence-corrected chi connectivity index (χ0v) is 18.2. The Balaban J connectivity index is 1.93. The molecular formula is C23H33N3O3. The van der Waals surface area contributed by atoms with Crippen LogP contribution in [0, 0.1) is 32.6 Å². The quantitative estimate of drug-likeness (QED) is 0.639. The summed E-state index contributed by atoms with van der Waals surface area (Å²) in [6.45, 7) is 10.9. The summed E-state index contributed by atoms with van der Waals surface area (Å²) in [6.07, 6.45) is 1.48. The maximum atomic E-state index is 12.3. The zero-order valence-electron chi connectivity index (χ0n) is 18.2. The molecular weight excluding hydrogens is 366 g/mol. The fourth-order valence-electron chi connectivity index (χ4n) is 3.52. The maximum Gasteiger partial charge on any atom is 0.308 e. The van der Waals surface area contributed by atoms with E-state index >= 15 is 0 Å². The molecule has 158 valence electrons. The third kappa shape index (κ3) is 6.73. The number of aliphatic carboxylic acids is 1. The summed E-state index contributed by atoms with van der Waals surface area (Å²) in [5.41, 5.74) is 5.51. The summed E-state index contributed by atoms with van der Waals surface area (Å²) in [5, 5.41) is 16.7. The van der Waals surface area contributed by atoms with Crippen molar-refractivity contribution in [2.45, 2.75) is 60.4 Å². The van der Waals surface area contributed by atoms with Crippen LogP contribution in [0.2, 0.25) is 0 Å². The van der Waals surface area contributed by atoms with E-state index in [9.17, 15) is 14.7 Å². The number of aromatic nitrogens is 2. The Morgan fingerprint density at radius 2 is 1.79 bits per heavy atom. The van der Waals surface area contributed by atoms with Gasteiger partial charge in [0, 0.05) is 18.7 Å². The molecule has 1 atom stereocenters. The summed E-state index contributed by atoms with van der Waals surface area (Å²) in [4.78, 5) is 23.6. The Kier molecular flexibility index (Phi) is 8.00. The van der Waals surface area contributed by atoms with E-state index in [4.69, 9.17) is 0 Å². The fourth-order valence-corrected chi connectivity index (χ4v) is 3.52. The minimum absolute atomic E-state index is 0.120. The fraction of sp³-hybridized carbons (Fsp3) is 0.522. The van der Waals surface area contributed by atoms with Gasteiger partial charge in [0.2, 0.25) is 5.91 Å². The van der Waals surface area contributed by atoms with Gasteiger partial charge < -0.3 is 10.4 Å². The van der Waals surface area contributed by atoms with Crippen LogP contribution in [0.25, 0.3) is 0 Å². The molecule has 6 heteroatoms. The van der Waals surface area contributed by atoms with Crippen molar-refractivity contribution in [3.05, 3.63) is 52.3 Å². The predicted molar refractivity (Wildman–Crippen MR) is 114 cm³/mol. The first kappa shape index (κ1) is 22.7. The molecule has 6 nitrogen and oxygen atoms in total. The molecule has 1 heterocycles. The zero-order chi connectivity index (χ0) is 21.6. The normalized spacial score (nSPS) is 12.2. The van der Waals surface area contributed by atoms with E-state index in [1.165, 1.54) is 11.1 Å². The molecule has 2 N–H and O–H groups in total. The monoisotopic (exact) mass is 399 g/mol. The molecule has 29 heavy (non-hydrogen) atoms. The van der Waals surface area contributed by atoms with E-state index in [1.54, 1.807) is 0 Å². The third-order valence-corrected chi connectivity index (χ3v) is 5.24.